The highest BCUT2D eigenvalue weighted by molar-refractivity contribution is 7.10. The molecular formula is C30H34N4O4S2. The number of aryl methyl sites for hydroxylation is 1. The van der Waals surface area contributed by atoms with Crippen molar-refractivity contribution in [2.45, 2.75) is 38.1 Å². The smallest absolute Gasteiger partial charge is 0.246 e. The molecule has 0 radical (unpaired) electrons. The van der Waals surface area contributed by atoms with Crippen molar-refractivity contribution < 1.29 is 19.1 Å². The minimum Gasteiger partial charge on any atom is -0.497 e. The second-order valence-corrected chi connectivity index (χ2v) is 12.0. The molecule has 4 heterocycles. The molecule has 10 heteroatoms. The summed E-state index contributed by atoms with van der Waals surface area (Å²) in [6.07, 6.45) is 4.82. The molecular weight excluding hydrogens is 544 g/mol. The van der Waals surface area contributed by atoms with Crippen LogP contribution in [0, 0.1) is 0 Å². The van der Waals surface area contributed by atoms with Gasteiger partial charge in [0.2, 0.25) is 17.7 Å². The number of ether oxygens (including phenoxy) is 1. The lowest BCUT2D eigenvalue weighted by atomic mass is 10.0. The van der Waals surface area contributed by atoms with E-state index in [1.54, 1.807) is 39.6 Å². The van der Waals surface area contributed by atoms with Crippen molar-refractivity contribution >= 4 is 51.3 Å². The van der Waals surface area contributed by atoms with E-state index in [4.69, 9.17) is 4.74 Å². The highest BCUT2D eigenvalue weighted by Gasteiger charge is 2.40. The quantitative estimate of drug-likeness (QED) is 0.248. The average Bonchev–Trinajstić information content (AvgIpc) is 3.74. The van der Waals surface area contributed by atoms with Crippen molar-refractivity contribution in [2.24, 2.45) is 0 Å². The number of hydrogen-bond acceptors (Lipinski definition) is 6. The number of fused-ring (bicyclic) bond motifs is 1. The first-order valence-corrected chi connectivity index (χ1v) is 15.3. The van der Waals surface area contributed by atoms with E-state index in [0.29, 0.717) is 32.5 Å². The van der Waals surface area contributed by atoms with Crippen molar-refractivity contribution in [1.82, 2.24) is 20.1 Å². The molecule has 1 aliphatic heterocycles. The third kappa shape index (κ3) is 6.74. The molecule has 4 aromatic rings. The number of benzene rings is 1. The number of amides is 3. The van der Waals surface area contributed by atoms with E-state index < -0.39 is 6.04 Å². The number of rotatable bonds is 13. The Morgan fingerprint density at radius 2 is 1.82 bits per heavy atom. The summed E-state index contributed by atoms with van der Waals surface area (Å²) in [6.45, 7) is 1.41. The third-order valence-corrected chi connectivity index (χ3v) is 9.17. The Bertz CT molecular complexity index is 1430. The molecule has 0 bridgehead atoms. The minimum absolute atomic E-state index is 0.0409. The van der Waals surface area contributed by atoms with Gasteiger partial charge in [0.1, 0.15) is 11.8 Å². The summed E-state index contributed by atoms with van der Waals surface area (Å²) in [4.78, 5) is 48.8. The number of piperazine rings is 1. The van der Waals surface area contributed by atoms with Crippen LogP contribution < -0.4 is 10.1 Å². The zero-order valence-corrected chi connectivity index (χ0v) is 24.2. The van der Waals surface area contributed by atoms with Gasteiger partial charge in [-0.15, -0.1) is 22.7 Å². The molecule has 8 nitrogen and oxygen atoms in total. The zero-order chi connectivity index (χ0) is 27.9. The Balaban J connectivity index is 1.21. The zero-order valence-electron chi connectivity index (χ0n) is 22.6. The molecule has 1 atom stereocenters. The summed E-state index contributed by atoms with van der Waals surface area (Å²) in [5.74, 6) is 0.307. The molecule has 2 N–H and O–H groups in total. The maximum absolute atomic E-state index is 13.6. The van der Waals surface area contributed by atoms with Crippen molar-refractivity contribution in [3.63, 3.8) is 0 Å². The number of hydrogen-bond donors (Lipinski definition) is 2. The van der Waals surface area contributed by atoms with Crippen LogP contribution in [-0.2, 0) is 33.6 Å². The Morgan fingerprint density at radius 1 is 1.05 bits per heavy atom. The van der Waals surface area contributed by atoms with E-state index in [2.05, 4.69) is 16.4 Å². The predicted octanol–water partition coefficient (Wildman–Crippen LogP) is 4.26. The van der Waals surface area contributed by atoms with Crippen LogP contribution >= 0.6 is 22.7 Å². The molecule has 1 aliphatic rings. The summed E-state index contributed by atoms with van der Waals surface area (Å²) in [5.41, 5.74) is 2.09. The Kier molecular flexibility index (Phi) is 9.18. The maximum Gasteiger partial charge on any atom is 0.246 e. The lowest BCUT2D eigenvalue weighted by Gasteiger charge is -2.40. The van der Waals surface area contributed by atoms with Gasteiger partial charge >= 0.3 is 0 Å². The van der Waals surface area contributed by atoms with Gasteiger partial charge in [-0.25, -0.2) is 0 Å². The number of methoxy groups -OCH3 is 1. The highest BCUT2D eigenvalue weighted by atomic mass is 32.1. The molecule has 5 rings (SSSR count). The summed E-state index contributed by atoms with van der Waals surface area (Å²) in [5, 5.41) is 8.08. The fraction of sp³-hybridized carbons (Fsp3) is 0.367. The summed E-state index contributed by atoms with van der Waals surface area (Å²) < 4.78 is 5.35. The Morgan fingerprint density at radius 3 is 2.55 bits per heavy atom. The summed E-state index contributed by atoms with van der Waals surface area (Å²) in [6, 6.07) is 13.2. The number of thiophene rings is 2. The first-order chi connectivity index (χ1) is 19.5. The van der Waals surface area contributed by atoms with Crippen molar-refractivity contribution in [2.75, 3.05) is 33.3 Å². The largest absolute Gasteiger partial charge is 0.497 e. The molecule has 1 unspecified atom stereocenters. The summed E-state index contributed by atoms with van der Waals surface area (Å²) in [7, 11) is 1.64. The molecule has 1 fully saturated rings. The highest BCUT2D eigenvalue weighted by Crippen LogP contribution is 2.24. The van der Waals surface area contributed by atoms with E-state index in [1.807, 2.05) is 53.4 Å². The summed E-state index contributed by atoms with van der Waals surface area (Å²) >= 11 is 3.33. The second-order valence-electron chi connectivity index (χ2n) is 9.90. The topological polar surface area (TPSA) is 94.7 Å². The fourth-order valence-corrected chi connectivity index (χ4v) is 6.62. The molecule has 1 aromatic carbocycles. The number of aromatic nitrogens is 1. The van der Waals surface area contributed by atoms with Crippen LogP contribution in [0.2, 0.25) is 0 Å². The van der Waals surface area contributed by atoms with Crippen LogP contribution in [0.4, 0.5) is 0 Å². The molecule has 1 saturated heterocycles. The van der Waals surface area contributed by atoms with Crippen molar-refractivity contribution in [3.05, 3.63) is 74.7 Å². The number of H-pyrrole nitrogens is 1. The second kappa shape index (κ2) is 13.1. The van der Waals surface area contributed by atoms with Gasteiger partial charge in [0, 0.05) is 46.5 Å². The molecule has 0 aliphatic carbocycles. The van der Waals surface area contributed by atoms with Gasteiger partial charge in [0.05, 0.1) is 20.1 Å². The first kappa shape index (κ1) is 27.9. The van der Waals surface area contributed by atoms with Gasteiger partial charge in [-0.2, -0.15) is 0 Å². The van der Waals surface area contributed by atoms with Gasteiger partial charge in [-0.1, -0.05) is 12.1 Å². The van der Waals surface area contributed by atoms with Gasteiger partial charge in [-0.3, -0.25) is 14.4 Å². The van der Waals surface area contributed by atoms with Crippen LogP contribution in [0.25, 0.3) is 10.9 Å². The number of nitrogens with one attached hydrogen (secondary N) is 2. The Hall–Kier alpha value is -3.63. The van der Waals surface area contributed by atoms with E-state index in [9.17, 15) is 14.4 Å². The molecule has 210 valence electrons. The number of aromatic amines is 1. The SMILES string of the molecule is COc1ccc2[nH]cc(CCNC(=O)CC3C(=O)N(CCc4cccs4)CC(=O)N3CCCc3cccs3)c2c1. The lowest BCUT2D eigenvalue weighted by molar-refractivity contribution is -0.157. The van der Waals surface area contributed by atoms with E-state index in [1.165, 1.54) is 9.75 Å². The standard InChI is InChI=1S/C30H34N4O4S2/c1-38-22-8-9-26-25(17-22)21(19-32-26)10-12-31-28(35)18-27-30(37)33(14-11-24-7-4-16-40-24)20-29(36)34(27)13-2-5-23-6-3-15-39-23/h3-4,6-9,15-17,19,27,32H,2,5,10-14,18,20H2,1H3,(H,31,35). The Labute approximate surface area is 241 Å². The third-order valence-electron chi connectivity index (χ3n) is 7.30. The fourth-order valence-electron chi connectivity index (χ4n) is 5.17. The van der Waals surface area contributed by atoms with Gasteiger partial charge in [0.15, 0.2) is 0 Å². The van der Waals surface area contributed by atoms with Crippen molar-refractivity contribution in [3.8, 4) is 5.75 Å². The van der Waals surface area contributed by atoms with E-state index >= 15 is 0 Å². The van der Waals surface area contributed by atoms with Crippen LogP contribution in [0.1, 0.15) is 28.2 Å². The van der Waals surface area contributed by atoms with Gasteiger partial charge in [0.25, 0.3) is 0 Å². The molecule has 0 saturated carbocycles. The van der Waals surface area contributed by atoms with E-state index in [0.717, 1.165) is 35.1 Å². The number of carbonyl (C=O) groups is 3. The first-order valence-electron chi connectivity index (χ1n) is 13.6. The van der Waals surface area contributed by atoms with Gasteiger partial charge < -0.3 is 24.8 Å². The van der Waals surface area contributed by atoms with Crippen molar-refractivity contribution in [1.29, 1.82) is 0 Å². The monoisotopic (exact) mass is 578 g/mol. The average molecular weight is 579 g/mol. The van der Waals surface area contributed by atoms with Crippen LogP contribution in [0.5, 0.6) is 5.75 Å². The van der Waals surface area contributed by atoms with Crippen LogP contribution in [0.15, 0.2) is 59.4 Å². The lowest BCUT2D eigenvalue weighted by Crippen LogP contribution is -2.61. The predicted molar refractivity (Wildman–Crippen MR) is 159 cm³/mol. The molecule has 0 spiro atoms. The van der Waals surface area contributed by atoms with E-state index in [-0.39, 0.29) is 30.7 Å². The minimum atomic E-state index is -0.787. The maximum atomic E-state index is 13.6. The number of nitrogens with zero attached hydrogens (tertiary/aromatic N) is 2. The van der Waals surface area contributed by atoms with Crippen LogP contribution in [0.3, 0.4) is 0 Å². The molecule has 40 heavy (non-hydrogen) atoms. The normalized spacial score (nSPS) is 15.7. The number of carbonyl (C=O) groups excluding carboxylic acids is 3. The molecule has 3 aromatic heterocycles. The van der Waals surface area contributed by atoms with Gasteiger partial charge in [-0.05, 0) is 72.3 Å². The molecule has 3 amide bonds. The van der Waals surface area contributed by atoms with Crippen LogP contribution in [-0.4, -0.2) is 71.8 Å².